The van der Waals surface area contributed by atoms with Crippen LogP contribution in [0, 0.1) is 5.82 Å². The first kappa shape index (κ1) is 19.2. The molecule has 1 amide bonds. The van der Waals surface area contributed by atoms with E-state index in [1.807, 2.05) is 12.1 Å². The molecular formula is C21H21ClFNO3. The van der Waals surface area contributed by atoms with Crippen molar-refractivity contribution in [3.63, 3.8) is 0 Å². The summed E-state index contributed by atoms with van der Waals surface area (Å²) in [5, 5.41) is 0.329. The fourth-order valence-corrected chi connectivity index (χ4v) is 3.04. The number of carbonyl (C=O) groups excluding carboxylic acids is 1. The first-order valence-corrected chi connectivity index (χ1v) is 9.04. The highest BCUT2D eigenvalue weighted by Crippen LogP contribution is 2.31. The molecule has 2 aromatic carbocycles. The molecular weight excluding hydrogens is 369 g/mol. The fourth-order valence-electron chi connectivity index (χ4n) is 2.82. The maximum Gasteiger partial charge on any atom is 0.247 e. The molecule has 6 heteroatoms. The van der Waals surface area contributed by atoms with Gasteiger partial charge in [-0.25, -0.2) is 4.39 Å². The number of hydrogen-bond acceptors (Lipinski definition) is 3. The Kier molecular flexibility index (Phi) is 6.01. The Balaban J connectivity index is 1.79. The Morgan fingerprint density at radius 1 is 1.22 bits per heavy atom. The largest absolute Gasteiger partial charge is 0.497 e. The van der Waals surface area contributed by atoms with Crippen LogP contribution >= 0.6 is 11.6 Å². The van der Waals surface area contributed by atoms with E-state index in [1.165, 1.54) is 12.1 Å². The van der Waals surface area contributed by atoms with E-state index >= 15 is 0 Å². The van der Waals surface area contributed by atoms with Crippen molar-refractivity contribution < 1.29 is 18.7 Å². The van der Waals surface area contributed by atoms with Crippen LogP contribution in [0.1, 0.15) is 24.0 Å². The Labute approximate surface area is 163 Å². The molecule has 1 aliphatic rings. The Morgan fingerprint density at radius 3 is 2.44 bits per heavy atom. The van der Waals surface area contributed by atoms with Gasteiger partial charge in [-0.15, -0.1) is 0 Å². The third-order valence-electron chi connectivity index (χ3n) is 4.45. The lowest BCUT2D eigenvalue weighted by molar-refractivity contribution is -0.127. The van der Waals surface area contributed by atoms with Crippen LogP contribution in [0.25, 0.3) is 6.08 Å². The van der Waals surface area contributed by atoms with Gasteiger partial charge >= 0.3 is 0 Å². The minimum Gasteiger partial charge on any atom is -0.497 e. The predicted octanol–water partition coefficient (Wildman–Crippen LogP) is 4.70. The molecule has 0 saturated heterocycles. The molecule has 0 N–H and O–H groups in total. The zero-order chi connectivity index (χ0) is 19.4. The van der Waals surface area contributed by atoms with Gasteiger partial charge in [0.05, 0.1) is 20.8 Å². The number of ether oxygens (including phenoxy) is 2. The van der Waals surface area contributed by atoms with E-state index < -0.39 is 5.82 Å². The Bertz CT molecular complexity index is 822. The van der Waals surface area contributed by atoms with Crippen LogP contribution in [0.3, 0.4) is 0 Å². The molecule has 0 aromatic heterocycles. The molecule has 3 rings (SSSR count). The Hall–Kier alpha value is -2.53. The van der Waals surface area contributed by atoms with E-state index in [0.29, 0.717) is 22.1 Å². The summed E-state index contributed by atoms with van der Waals surface area (Å²) in [7, 11) is 3.14. The van der Waals surface area contributed by atoms with E-state index in [2.05, 4.69) is 0 Å². The molecule has 0 atom stereocenters. The van der Waals surface area contributed by atoms with Gasteiger partial charge in [0.1, 0.15) is 17.3 Å². The fraction of sp³-hybridized carbons (Fsp3) is 0.286. The zero-order valence-electron chi connectivity index (χ0n) is 15.2. The SMILES string of the molecule is COc1cc(/C=C/C(=O)N(Cc2c(F)cccc2Cl)C2CC2)cc(OC)c1. The molecule has 1 fully saturated rings. The van der Waals surface area contributed by atoms with E-state index in [0.717, 1.165) is 18.4 Å². The summed E-state index contributed by atoms with van der Waals surface area (Å²) >= 11 is 6.12. The van der Waals surface area contributed by atoms with E-state index in [4.69, 9.17) is 21.1 Å². The number of rotatable bonds is 7. The molecule has 0 unspecified atom stereocenters. The first-order chi connectivity index (χ1) is 13.0. The third-order valence-corrected chi connectivity index (χ3v) is 4.81. The summed E-state index contributed by atoms with van der Waals surface area (Å²) in [6, 6.07) is 10.0. The van der Waals surface area contributed by atoms with Crippen LogP contribution in [0.15, 0.2) is 42.5 Å². The van der Waals surface area contributed by atoms with Gasteiger partial charge in [-0.1, -0.05) is 17.7 Å². The molecule has 1 saturated carbocycles. The van der Waals surface area contributed by atoms with Crippen LogP contribution in [0.4, 0.5) is 4.39 Å². The maximum atomic E-state index is 14.1. The van der Waals surface area contributed by atoms with Gasteiger partial charge in [0.25, 0.3) is 0 Å². The zero-order valence-corrected chi connectivity index (χ0v) is 16.0. The molecule has 0 aliphatic heterocycles. The second-order valence-electron chi connectivity index (χ2n) is 6.38. The van der Waals surface area contributed by atoms with Crippen molar-refractivity contribution in [2.45, 2.75) is 25.4 Å². The normalized spacial score (nSPS) is 13.6. The van der Waals surface area contributed by atoms with Gasteiger partial charge in [0, 0.05) is 28.8 Å². The van der Waals surface area contributed by atoms with Crippen molar-refractivity contribution in [1.29, 1.82) is 0 Å². The second-order valence-corrected chi connectivity index (χ2v) is 6.78. The van der Waals surface area contributed by atoms with Crippen molar-refractivity contribution >= 4 is 23.6 Å². The number of halogens is 2. The molecule has 0 heterocycles. The van der Waals surface area contributed by atoms with Crippen molar-refractivity contribution in [2.75, 3.05) is 14.2 Å². The van der Waals surface area contributed by atoms with E-state index in [-0.39, 0.29) is 18.5 Å². The number of carbonyl (C=O) groups is 1. The van der Waals surface area contributed by atoms with Crippen molar-refractivity contribution in [1.82, 2.24) is 4.90 Å². The van der Waals surface area contributed by atoms with Crippen LogP contribution < -0.4 is 9.47 Å². The summed E-state index contributed by atoms with van der Waals surface area (Å²) in [6.45, 7) is 0.154. The molecule has 0 radical (unpaired) electrons. The van der Waals surface area contributed by atoms with Crippen molar-refractivity contribution in [2.24, 2.45) is 0 Å². The molecule has 142 valence electrons. The molecule has 1 aliphatic carbocycles. The molecule has 0 spiro atoms. The van der Waals surface area contributed by atoms with Gasteiger partial charge in [0.15, 0.2) is 0 Å². The summed E-state index contributed by atoms with van der Waals surface area (Å²) < 4.78 is 24.6. The third kappa shape index (κ3) is 4.80. The number of benzene rings is 2. The van der Waals surface area contributed by atoms with Crippen LogP contribution in [0.5, 0.6) is 11.5 Å². The standard InChI is InChI=1S/C21H21ClFNO3/c1-26-16-10-14(11-17(12-16)27-2)6-9-21(25)24(15-7-8-15)13-18-19(22)4-3-5-20(18)23/h3-6,9-12,15H,7-8,13H2,1-2H3/b9-6+. The quantitative estimate of drug-likeness (QED) is 0.644. The van der Waals surface area contributed by atoms with Gasteiger partial charge in [-0.2, -0.15) is 0 Å². The molecule has 0 bridgehead atoms. The highest BCUT2D eigenvalue weighted by molar-refractivity contribution is 6.31. The van der Waals surface area contributed by atoms with Crippen molar-refractivity contribution in [3.05, 3.63) is 64.4 Å². The summed E-state index contributed by atoms with van der Waals surface area (Å²) in [5.74, 6) is 0.693. The Morgan fingerprint density at radius 2 is 1.89 bits per heavy atom. The van der Waals surface area contributed by atoms with Crippen molar-refractivity contribution in [3.8, 4) is 11.5 Å². The van der Waals surface area contributed by atoms with Gasteiger partial charge in [-0.3, -0.25) is 4.79 Å². The highest BCUT2D eigenvalue weighted by Gasteiger charge is 2.32. The number of hydrogen-bond donors (Lipinski definition) is 0. The average molecular weight is 390 g/mol. The number of methoxy groups -OCH3 is 2. The lowest BCUT2D eigenvalue weighted by Gasteiger charge is -2.22. The lowest BCUT2D eigenvalue weighted by atomic mass is 10.1. The summed E-state index contributed by atoms with van der Waals surface area (Å²) in [4.78, 5) is 14.4. The van der Waals surface area contributed by atoms with Crippen LogP contribution in [0.2, 0.25) is 5.02 Å². The minimum atomic E-state index is -0.400. The average Bonchev–Trinajstić information content (AvgIpc) is 3.50. The topological polar surface area (TPSA) is 38.8 Å². The minimum absolute atomic E-state index is 0.123. The molecule has 4 nitrogen and oxygen atoms in total. The van der Waals surface area contributed by atoms with E-state index in [1.54, 1.807) is 43.4 Å². The van der Waals surface area contributed by atoms with Gasteiger partial charge in [0.2, 0.25) is 5.91 Å². The monoisotopic (exact) mass is 389 g/mol. The maximum absolute atomic E-state index is 14.1. The lowest BCUT2D eigenvalue weighted by Crippen LogP contribution is -2.31. The van der Waals surface area contributed by atoms with Crippen LogP contribution in [-0.2, 0) is 11.3 Å². The number of amides is 1. The summed E-state index contributed by atoms with van der Waals surface area (Å²) in [5.41, 5.74) is 1.12. The van der Waals surface area contributed by atoms with E-state index in [9.17, 15) is 9.18 Å². The second kappa shape index (κ2) is 8.44. The van der Waals surface area contributed by atoms with Gasteiger partial charge in [-0.05, 0) is 48.7 Å². The van der Waals surface area contributed by atoms with Gasteiger partial charge < -0.3 is 14.4 Å². The summed E-state index contributed by atoms with van der Waals surface area (Å²) in [6.07, 6.45) is 5.02. The highest BCUT2D eigenvalue weighted by atomic mass is 35.5. The smallest absolute Gasteiger partial charge is 0.247 e. The molecule has 27 heavy (non-hydrogen) atoms. The van der Waals surface area contributed by atoms with Crippen LogP contribution in [-0.4, -0.2) is 31.1 Å². The number of nitrogens with zero attached hydrogens (tertiary/aromatic N) is 1. The molecule has 2 aromatic rings. The predicted molar refractivity (Wildman–Crippen MR) is 104 cm³/mol. The first-order valence-electron chi connectivity index (χ1n) is 8.66.